The largest absolute Gasteiger partial charge is 0.396 e. The Balaban J connectivity index is 1.85. The van der Waals surface area contributed by atoms with Gasteiger partial charge in [0, 0.05) is 50.7 Å². The molecule has 0 unspecified atom stereocenters. The molecule has 110 valence electrons. The van der Waals surface area contributed by atoms with E-state index in [2.05, 4.69) is 39.4 Å². The maximum absolute atomic E-state index is 8.86. The monoisotopic (exact) mass is 293 g/mol. The molecule has 20 heavy (non-hydrogen) atoms. The Morgan fingerprint density at radius 3 is 2.40 bits per heavy atom. The van der Waals surface area contributed by atoms with Gasteiger partial charge in [0.1, 0.15) is 0 Å². The van der Waals surface area contributed by atoms with E-state index < -0.39 is 0 Å². The molecule has 1 aliphatic heterocycles. The second-order valence-electron chi connectivity index (χ2n) is 5.13. The summed E-state index contributed by atoms with van der Waals surface area (Å²) >= 11 is 5.04. The Labute approximate surface area is 126 Å². The summed E-state index contributed by atoms with van der Waals surface area (Å²) in [7, 11) is 0. The molecule has 2 N–H and O–H groups in total. The van der Waals surface area contributed by atoms with Gasteiger partial charge in [-0.1, -0.05) is 12.2 Å². The first-order chi connectivity index (χ1) is 9.69. The van der Waals surface area contributed by atoms with Crippen LogP contribution in [-0.4, -0.2) is 54.3 Å². The Bertz CT molecular complexity index is 427. The van der Waals surface area contributed by atoms with Gasteiger partial charge in [-0.25, -0.2) is 0 Å². The van der Waals surface area contributed by atoms with Crippen LogP contribution < -0.4 is 10.2 Å². The zero-order valence-electron chi connectivity index (χ0n) is 12.0. The molecule has 1 aromatic rings. The Hall–Kier alpha value is -1.17. The number of hydrogen-bond acceptors (Lipinski definition) is 4. The molecule has 0 amide bonds. The number of hydrogen-bond donors (Lipinski definition) is 2. The van der Waals surface area contributed by atoms with Gasteiger partial charge in [-0.15, -0.1) is 0 Å². The number of rotatable bonds is 5. The molecule has 1 fully saturated rings. The molecule has 0 bridgehead atoms. The minimum absolute atomic E-state index is 0.286. The molecule has 0 atom stereocenters. The zero-order valence-corrected chi connectivity index (χ0v) is 12.8. The van der Waals surface area contributed by atoms with Crippen molar-refractivity contribution in [3.8, 4) is 0 Å². The Morgan fingerprint density at radius 1 is 1.20 bits per heavy atom. The van der Waals surface area contributed by atoms with Crippen LogP contribution >= 0.6 is 12.2 Å². The summed E-state index contributed by atoms with van der Waals surface area (Å²) in [6.45, 7) is 7.40. The first kappa shape index (κ1) is 15.2. The second-order valence-corrected chi connectivity index (χ2v) is 5.75. The number of thiocarbonyl (C=S) groups is 1. The van der Waals surface area contributed by atoms with Crippen LogP contribution in [0.15, 0.2) is 24.3 Å². The highest BCUT2D eigenvalue weighted by atomic mass is 32.1. The third-order valence-corrected chi connectivity index (χ3v) is 3.66. The quantitative estimate of drug-likeness (QED) is 0.812. The van der Waals surface area contributed by atoms with Crippen LogP contribution in [0.25, 0.3) is 0 Å². The third kappa shape index (κ3) is 4.44. The van der Waals surface area contributed by atoms with Gasteiger partial charge in [0.15, 0.2) is 0 Å². The fourth-order valence-corrected chi connectivity index (χ4v) is 2.60. The Morgan fingerprint density at radius 2 is 1.85 bits per heavy atom. The topological polar surface area (TPSA) is 38.7 Å². The first-order valence-corrected chi connectivity index (χ1v) is 7.55. The van der Waals surface area contributed by atoms with Gasteiger partial charge in [-0.3, -0.25) is 4.90 Å². The molecule has 0 aromatic heterocycles. The van der Waals surface area contributed by atoms with E-state index in [1.54, 1.807) is 0 Å². The highest BCUT2D eigenvalue weighted by Crippen LogP contribution is 2.19. The van der Waals surface area contributed by atoms with E-state index in [0.717, 1.165) is 49.8 Å². The fraction of sp³-hybridized carbons (Fsp3) is 0.533. The van der Waals surface area contributed by atoms with E-state index in [-0.39, 0.29) is 6.61 Å². The summed E-state index contributed by atoms with van der Waals surface area (Å²) in [6, 6.07) is 8.43. The van der Waals surface area contributed by atoms with Crippen molar-refractivity contribution in [3.05, 3.63) is 24.3 Å². The van der Waals surface area contributed by atoms with Crippen molar-refractivity contribution >= 4 is 28.6 Å². The summed E-state index contributed by atoms with van der Waals surface area (Å²) < 4.78 is 0. The van der Waals surface area contributed by atoms with Gasteiger partial charge in [0.05, 0.1) is 4.99 Å². The van der Waals surface area contributed by atoms with Crippen molar-refractivity contribution in [2.75, 3.05) is 49.5 Å². The summed E-state index contributed by atoms with van der Waals surface area (Å²) in [6.07, 6.45) is 0.872. The van der Waals surface area contributed by atoms with E-state index in [1.807, 2.05) is 6.92 Å². The lowest BCUT2D eigenvalue weighted by molar-refractivity contribution is 0.216. The summed E-state index contributed by atoms with van der Waals surface area (Å²) in [5.41, 5.74) is 2.31. The van der Waals surface area contributed by atoms with Crippen molar-refractivity contribution in [1.29, 1.82) is 0 Å². The number of piperazine rings is 1. The van der Waals surface area contributed by atoms with Crippen LogP contribution in [0.3, 0.4) is 0 Å². The van der Waals surface area contributed by atoms with Crippen molar-refractivity contribution in [2.24, 2.45) is 0 Å². The highest BCUT2D eigenvalue weighted by molar-refractivity contribution is 7.80. The number of aliphatic hydroxyl groups excluding tert-OH is 1. The molecule has 0 aliphatic carbocycles. The molecule has 0 radical (unpaired) electrons. The normalized spacial score (nSPS) is 16.2. The van der Waals surface area contributed by atoms with Crippen molar-refractivity contribution in [1.82, 2.24) is 4.90 Å². The van der Waals surface area contributed by atoms with Crippen molar-refractivity contribution in [2.45, 2.75) is 13.3 Å². The fourth-order valence-electron chi connectivity index (χ4n) is 2.48. The first-order valence-electron chi connectivity index (χ1n) is 7.15. The number of anilines is 2. The van der Waals surface area contributed by atoms with Crippen LogP contribution in [0.1, 0.15) is 13.3 Å². The van der Waals surface area contributed by atoms with Gasteiger partial charge in [-0.2, -0.15) is 0 Å². The van der Waals surface area contributed by atoms with Gasteiger partial charge in [-0.05, 0) is 37.6 Å². The molecule has 1 aliphatic rings. The van der Waals surface area contributed by atoms with E-state index in [1.165, 1.54) is 5.69 Å². The zero-order chi connectivity index (χ0) is 14.4. The molecule has 2 rings (SSSR count). The van der Waals surface area contributed by atoms with E-state index in [0.29, 0.717) is 0 Å². The van der Waals surface area contributed by atoms with E-state index in [4.69, 9.17) is 17.3 Å². The molecule has 1 saturated heterocycles. The number of benzene rings is 1. The Kier molecular flexibility index (Phi) is 5.76. The lowest BCUT2D eigenvalue weighted by Crippen LogP contribution is -2.46. The van der Waals surface area contributed by atoms with Crippen molar-refractivity contribution < 1.29 is 5.11 Å². The van der Waals surface area contributed by atoms with Crippen LogP contribution in [0.4, 0.5) is 11.4 Å². The average molecular weight is 293 g/mol. The van der Waals surface area contributed by atoms with Crippen LogP contribution in [0.5, 0.6) is 0 Å². The standard InChI is InChI=1S/C15H23N3OS/c1-13(20)16-14-3-5-15(6-4-14)18-10-8-17(9-11-18)7-2-12-19/h3-6,19H,2,7-12H2,1H3,(H,16,20). The van der Waals surface area contributed by atoms with Crippen LogP contribution in [0.2, 0.25) is 0 Å². The molecule has 1 aromatic carbocycles. The minimum Gasteiger partial charge on any atom is -0.396 e. The molecule has 5 heteroatoms. The van der Waals surface area contributed by atoms with Gasteiger partial charge in [0.2, 0.25) is 0 Å². The maximum Gasteiger partial charge on any atom is 0.0765 e. The molecular weight excluding hydrogens is 270 g/mol. The second kappa shape index (κ2) is 7.57. The average Bonchev–Trinajstić information content (AvgIpc) is 2.46. The van der Waals surface area contributed by atoms with Crippen LogP contribution in [-0.2, 0) is 0 Å². The summed E-state index contributed by atoms with van der Waals surface area (Å²) in [5.74, 6) is 0. The maximum atomic E-state index is 8.86. The van der Waals surface area contributed by atoms with Gasteiger partial charge >= 0.3 is 0 Å². The van der Waals surface area contributed by atoms with E-state index >= 15 is 0 Å². The summed E-state index contributed by atoms with van der Waals surface area (Å²) in [4.78, 5) is 5.61. The lowest BCUT2D eigenvalue weighted by Gasteiger charge is -2.36. The van der Waals surface area contributed by atoms with Crippen molar-refractivity contribution in [3.63, 3.8) is 0 Å². The molecule has 0 spiro atoms. The molecular formula is C15H23N3OS. The third-order valence-electron chi connectivity index (χ3n) is 3.56. The minimum atomic E-state index is 0.286. The predicted octanol–water partition coefficient (Wildman–Crippen LogP) is 1.95. The molecule has 1 heterocycles. The summed E-state index contributed by atoms with van der Waals surface area (Å²) in [5, 5.41) is 12.0. The van der Waals surface area contributed by atoms with E-state index in [9.17, 15) is 0 Å². The van der Waals surface area contributed by atoms with Gasteiger partial charge < -0.3 is 15.3 Å². The number of nitrogens with one attached hydrogen (secondary N) is 1. The molecule has 4 nitrogen and oxygen atoms in total. The highest BCUT2D eigenvalue weighted by Gasteiger charge is 2.16. The lowest BCUT2D eigenvalue weighted by atomic mass is 10.2. The van der Waals surface area contributed by atoms with Crippen LogP contribution in [0, 0.1) is 0 Å². The predicted molar refractivity (Wildman–Crippen MR) is 88.7 cm³/mol. The number of nitrogens with zero attached hydrogens (tertiary/aromatic N) is 2. The number of aliphatic hydroxyl groups is 1. The smallest absolute Gasteiger partial charge is 0.0765 e. The SMILES string of the molecule is CC(=S)Nc1ccc(N2CCN(CCCO)CC2)cc1. The van der Waals surface area contributed by atoms with Gasteiger partial charge in [0.25, 0.3) is 0 Å². The molecule has 0 saturated carbocycles.